The highest BCUT2D eigenvalue weighted by molar-refractivity contribution is 7.86. The first-order chi connectivity index (χ1) is 10.9. The van der Waals surface area contributed by atoms with Gasteiger partial charge in [0.05, 0.1) is 5.75 Å². The molecule has 3 rings (SSSR count). The van der Waals surface area contributed by atoms with Gasteiger partial charge in [0.25, 0.3) is 21.9 Å². The summed E-state index contributed by atoms with van der Waals surface area (Å²) in [4.78, 5) is 25.3. The second kappa shape index (κ2) is 6.51. The van der Waals surface area contributed by atoms with Crippen molar-refractivity contribution in [2.75, 3.05) is 5.75 Å². The van der Waals surface area contributed by atoms with E-state index in [1.165, 1.54) is 0 Å². The highest BCUT2D eigenvalue weighted by Crippen LogP contribution is 2.50. The average molecular weight is 343 g/mol. The van der Waals surface area contributed by atoms with Gasteiger partial charge in [-0.2, -0.15) is 8.42 Å². The molecule has 2 unspecified atom stereocenters. The topological polar surface area (TPSA) is 80.8 Å². The third kappa shape index (κ3) is 3.18. The van der Waals surface area contributed by atoms with Crippen molar-refractivity contribution in [3.8, 4) is 0 Å². The third-order valence-corrected chi connectivity index (χ3v) is 6.79. The Kier molecular flexibility index (Phi) is 4.78. The Hall–Kier alpha value is -0.950. The molecule has 2 atom stereocenters. The van der Waals surface area contributed by atoms with Crippen LogP contribution in [0, 0.1) is 23.7 Å². The Morgan fingerprint density at radius 2 is 1.61 bits per heavy atom. The van der Waals surface area contributed by atoms with E-state index >= 15 is 0 Å². The van der Waals surface area contributed by atoms with E-state index in [0.717, 1.165) is 38.5 Å². The fourth-order valence-electron chi connectivity index (χ4n) is 4.58. The summed E-state index contributed by atoms with van der Waals surface area (Å²) < 4.78 is 29.0. The second-order valence-electron chi connectivity index (χ2n) is 7.07. The van der Waals surface area contributed by atoms with Gasteiger partial charge in [-0.1, -0.05) is 39.0 Å². The normalized spacial score (nSPS) is 34.4. The molecule has 6 nitrogen and oxygen atoms in total. The van der Waals surface area contributed by atoms with E-state index in [1.807, 2.05) is 6.92 Å². The van der Waals surface area contributed by atoms with E-state index in [-0.39, 0.29) is 23.5 Å². The average Bonchev–Trinajstić information content (AvgIpc) is 2.54. The van der Waals surface area contributed by atoms with Crippen molar-refractivity contribution < 1.29 is 22.3 Å². The van der Waals surface area contributed by atoms with Gasteiger partial charge in [0.1, 0.15) is 0 Å². The van der Waals surface area contributed by atoms with Crippen LogP contribution in [-0.4, -0.2) is 31.0 Å². The van der Waals surface area contributed by atoms with Crippen LogP contribution >= 0.6 is 0 Å². The maximum absolute atomic E-state index is 12.7. The number of carbonyl (C=O) groups excluding carboxylic acids is 2. The monoisotopic (exact) mass is 343 g/mol. The predicted molar refractivity (Wildman–Crippen MR) is 83.3 cm³/mol. The Balaban J connectivity index is 1.82. The van der Waals surface area contributed by atoms with E-state index in [0.29, 0.717) is 23.8 Å². The number of rotatable bonds is 5. The van der Waals surface area contributed by atoms with Gasteiger partial charge in [0.2, 0.25) is 0 Å². The van der Waals surface area contributed by atoms with Gasteiger partial charge in [-0.25, -0.2) is 0 Å². The van der Waals surface area contributed by atoms with Crippen LogP contribution in [0.4, 0.5) is 0 Å². The van der Waals surface area contributed by atoms with E-state index in [2.05, 4.69) is 0 Å². The zero-order valence-corrected chi connectivity index (χ0v) is 14.4. The van der Waals surface area contributed by atoms with Gasteiger partial charge in [-0.05, 0) is 31.1 Å². The van der Waals surface area contributed by atoms with Crippen LogP contribution in [0.2, 0.25) is 0 Å². The number of hydroxylamine groups is 2. The quantitative estimate of drug-likeness (QED) is 0.715. The van der Waals surface area contributed by atoms with Crippen molar-refractivity contribution >= 4 is 21.9 Å². The minimum Gasteiger partial charge on any atom is -0.272 e. The second-order valence-corrected chi connectivity index (χ2v) is 8.75. The van der Waals surface area contributed by atoms with E-state index < -0.39 is 21.9 Å². The first-order valence-corrected chi connectivity index (χ1v) is 10.3. The zero-order valence-electron chi connectivity index (χ0n) is 13.6. The van der Waals surface area contributed by atoms with Crippen LogP contribution in [0.3, 0.4) is 0 Å². The smallest absolute Gasteiger partial charge is 0.272 e. The molecule has 2 saturated carbocycles. The first kappa shape index (κ1) is 16.9. The summed E-state index contributed by atoms with van der Waals surface area (Å²) in [6.45, 7) is 1.88. The number of piperidine rings is 1. The van der Waals surface area contributed by atoms with Gasteiger partial charge < -0.3 is 0 Å². The summed E-state index contributed by atoms with van der Waals surface area (Å²) in [5.41, 5.74) is 0. The molecule has 2 aliphatic carbocycles. The summed E-state index contributed by atoms with van der Waals surface area (Å²) in [5.74, 6) is -1.03. The molecule has 3 fully saturated rings. The molecule has 3 aliphatic rings. The molecular weight excluding hydrogens is 318 g/mol. The number of carbonyl (C=O) groups is 2. The molecule has 0 aromatic rings. The van der Waals surface area contributed by atoms with Crippen LogP contribution in [0.5, 0.6) is 0 Å². The van der Waals surface area contributed by atoms with Crippen LogP contribution in [0.15, 0.2) is 0 Å². The summed E-state index contributed by atoms with van der Waals surface area (Å²) in [6.07, 6.45) is 6.72. The summed E-state index contributed by atoms with van der Waals surface area (Å²) in [6, 6.07) is 0. The Morgan fingerprint density at radius 3 is 2.13 bits per heavy atom. The highest BCUT2D eigenvalue weighted by atomic mass is 32.2. The summed E-state index contributed by atoms with van der Waals surface area (Å²) in [7, 11) is -3.89. The lowest BCUT2D eigenvalue weighted by atomic mass is 9.59. The van der Waals surface area contributed by atoms with Gasteiger partial charge in [0, 0.05) is 11.8 Å². The van der Waals surface area contributed by atoms with Crippen LogP contribution in [0.25, 0.3) is 0 Å². The molecule has 0 aromatic carbocycles. The fourth-order valence-corrected chi connectivity index (χ4v) is 5.67. The largest absolute Gasteiger partial charge is 0.288 e. The Morgan fingerprint density at radius 1 is 1.04 bits per heavy atom. The van der Waals surface area contributed by atoms with Crippen molar-refractivity contribution in [2.24, 2.45) is 23.7 Å². The van der Waals surface area contributed by atoms with Gasteiger partial charge in [-0.15, -0.1) is 9.35 Å². The van der Waals surface area contributed by atoms with E-state index in [1.54, 1.807) is 0 Å². The lowest BCUT2D eigenvalue weighted by Crippen LogP contribution is -2.58. The van der Waals surface area contributed by atoms with Crippen molar-refractivity contribution in [3.63, 3.8) is 0 Å². The third-order valence-electron chi connectivity index (χ3n) is 5.62. The van der Waals surface area contributed by atoms with Crippen molar-refractivity contribution in [1.29, 1.82) is 0 Å². The number of imide groups is 1. The molecular formula is C16H25NO5S. The summed E-state index contributed by atoms with van der Waals surface area (Å²) >= 11 is 0. The Bertz CT molecular complexity index is 557. The standard InChI is InChI=1S/C16H25NO5S/c1-2-3-10-23(20,21)22-17-15(18)12-8-4-6-11-7-5-9-13(14(11)12)16(17)19/h11-14H,2-10H2,1H3. The number of unbranched alkanes of at least 4 members (excludes halogenated alkanes) is 1. The van der Waals surface area contributed by atoms with Crippen LogP contribution in [0.1, 0.15) is 58.3 Å². The molecule has 1 heterocycles. The van der Waals surface area contributed by atoms with E-state index in [9.17, 15) is 18.0 Å². The molecule has 23 heavy (non-hydrogen) atoms. The number of hydrogen-bond donors (Lipinski definition) is 0. The molecule has 130 valence electrons. The number of nitrogens with zero attached hydrogens (tertiary/aromatic N) is 1. The van der Waals surface area contributed by atoms with Crippen molar-refractivity contribution in [3.05, 3.63) is 0 Å². The molecule has 7 heteroatoms. The minimum absolute atomic E-state index is 0.0932. The van der Waals surface area contributed by atoms with Gasteiger partial charge in [-0.3, -0.25) is 9.59 Å². The zero-order chi connectivity index (χ0) is 16.6. The summed E-state index contributed by atoms with van der Waals surface area (Å²) in [5, 5.41) is 0.588. The predicted octanol–water partition coefficient (Wildman–Crippen LogP) is 2.25. The maximum Gasteiger partial charge on any atom is 0.288 e. The maximum atomic E-state index is 12.7. The molecule has 2 amide bonds. The van der Waals surface area contributed by atoms with Crippen LogP contribution in [-0.2, 0) is 24.0 Å². The molecule has 1 aliphatic heterocycles. The highest BCUT2D eigenvalue weighted by Gasteiger charge is 2.54. The lowest BCUT2D eigenvalue weighted by Gasteiger charge is -2.49. The molecule has 0 spiro atoms. The minimum atomic E-state index is -3.89. The molecule has 0 bridgehead atoms. The molecule has 1 saturated heterocycles. The molecule has 0 N–H and O–H groups in total. The Labute approximate surface area is 137 Å². The molecule has 0 aromatic heterocycles. The first-order valence-electron chi connectivity index (χ1n) is 8.74. The van der Waals surface area contributed by atoms with Gasteiger partial charge >= 0.3 is 0 Å². The number of amides is 2. The van der Waals surface area contributed by atoms with E-state index in [4.69, 9.17) is 4.28 Å². The lowest BCUT2D eigenvalue weighted by molar-refractivity contribution is -0.194. The number of hydrogen-bond acceptors (Lipinski definition) is 5. The van der Waals surface area contributed by atoms with Crippen LogP contribution < -0.4 is 0 Å². The molecule has 0 radical (unpaired) electrons. The van der Waals surface area contributed by atoms with Crippen molar-refractivity contribution in [2.45, 2.75) is 58.3 Å². The van der Waals surface area contributed by atoms with Crippen molar-refractivity contribution in [1.82, 2.24) is 5.06 Å². The fraction of sp³-hybridized carbons (Fsp3) is 0.875. The van der Waals surface area contributed by atoms with Gasteiger partial charge in [0.15, 0.2) is 0 Å². The SMILES string of the molecule is CCCCS(=O)(=O)ON1C(=O)C2CCCC3CCCC(C1=O)C32.